The van der Waals surface area contributed by atoms with Crippen molar-refractivity contribution in [2.45, 2.75) is 33.2 Å². The van der Waals surface area contributed by atoms with Gasteiger partial charge in [0.1, 0.15) is 5.76 Å². The Morgan fingerprint density at radius 2 is 2.38 bits per heavy atom. The Kier molecular flexibility index (Phi) is 5.64. The molecule has 1 aromatic heterocycles. The summed E-state index contributed by atoms with van der Waals surface area (Å²) in [7, 11) is 0. The highest BCUT2D eigenvalue weighted by Crippen LogP contribution is 2.06. The second-order valence-electron chi connectivity index (χ2n) is 3.98. The molecule has 4 nitrogen and oxygen atoms in total. The number of hydrogen-bond donors (Lipinski definition) is 1. The van der Waals surface area contributed by atoms with Crippen LogP contribution in [0.4, 0.5) is 0 Å². The lowest BCUT2D eigenvalue weighted by Gasteiger charge is -2.20. The first kappa shape index (κ1) is 12.8. The van der Waals surface area contributed by atoms with Crippen LogP contribution in [-0.2, 0) is 6.54 Å². The van der Waals surface area contributed by atoms with Crippen molar-refractivity contribution in [3.63, 3.8) is 0 Å². The Hall–Kier alpha value is -1.29. The van der Waals surface area contributed by atoms with Crippen LogP contribution in [0.1, 0.15) is 32.4 Å². The molecule has 0 amide bonds. The Morgan fingerprint density at radius 3 is 2.94 bits per heavy atom. The van der Waals surface area contributed by atoms with Gasteiger partial charge < -0.3 is 9.62 Å². The Bertz CT molecular complexity index is 307. The fraction of sp³-hybridized carbons (Fsp3) is 0.583. The predicted octanol–water partition coefficient (Wildman–Crippen LogP) is 2.73. The van der Waals surface area contributed by atoms with Gasteiger partial charge in [0.25, 0.3) is 0 Å². The molecular weight excluding hydrogens is 204 g/mol. The molecule has 0 aromatic carbocycles. The average Bonchev–Trinajstić information content (AvgIpc) is 2.78. The SMILES string of the molecule is CCCCN(C/C(C)=N/O)Cc1ccco1. The highest BCUT2D eigenvalue weighted by atomic mass is 16.4. The van der Waals surface area contributed by atoms with Crippen molar-refractivity contribution in [2.75, 3.05) is 13.1 Å². The highest BCUT2D eigenvalue weighted by molar-refractivity contribution is 5.83. The summed E-state index contributed by atoms with van der Waals surface area (Å²) in [5.41, 5.74) is 0.725. The standard InChI is InChI=1S/C12H20N2O2/c1-3-4-7-14(9-11(2)13-15)10-12-6-5-8-16-12/h5-6,8,15H,3-4,7,9-10H2,1-2H3/b13-11+. The molecule has 0 radical (unpaired) electrons. The van der Waals surface area contributed by atoms with Gasteiger partial charge >= 0.3 is 0 Å². The van der Waals surface area contributed by atoms with Crippen LogP contribution in [0.3, 0.4) is 0 Å². The van der Waals surface area contributed by atoms with E-state index in [0.29, 0.717) is 6.54 Å². The molecule has 0 unspecified atom stereocenters. The van der Waals surface area contributed by atoms with Gasteiger partial charge in [-0.05, 0) is 32.0 Å². The van der Waals surface area contributed by atoms with Crippen LogP contribution in [-0.4, -0.2) is 28.9 Å². The summed E-state index contributed by atoms with van der Waals surface area (Å²) in [5.74, 6) is 0.946. The van der Waals surface area contributed by atoms with E-state index < -0.39 is 0 Å². The topological polar surface area (TPSA) is 49.0 Å². The van der Waals surface area contributed by atoms with E-state index in [9.17, 15) is 0 Å². The molecule has 0 saturated carbocycles. The fourth-order valence-electron chi connectivity index (χ4n) is 1.57. The van der Waals surface area contributed by atoms with Crippen molar-refractivity contribution in [2.24, 2.45) is 5.16 Å². The molecule has 0 saturated heterocycles. The molecule has 1 heterocycles. The van der Waals surface area contributed by atoms with E-state index in [-0.39, 0.29) is 0 Å². The number of hydrogen-bond acceptors (Lipinski definition) is 4. The summed E-state index contributed by atoms with van der Waals surface area (Å²) in [4.78, 5) is 2.22. The fourth-order valence-corrected chi connectivity index (χ4v) is 1.57. The lowest BCUT2D eigenvalue weighted by molar-refractivity contribution is 0.263. The number of furan rings is 1. The average molecular weight is 224 g/mol. The van der Waals surface area contributed by atoms with Crippen LogP contribution < -0.4 is 0 Å². The van der Waals surface area contributed by atoms with Crippen LogP contribution in [0.25, 0.3) is 0 Å². The Labute approximate surface area is 96.5 Å². The van der Waals surface area contributed by atoms with Gasteiger partial charge in [-0.1, -0.05) is 18.5 Å². The molecule has 16 heavy (non-hydrogen) atoms. The molecule has 1 rings (SSSR count). The van der Waals surface area contributed by atoms with Crippen LogP contribution in [0.15, 0.2) is 28.0 Å². The first-order chi connectivity index (χ1) is 7.76. The maximum atomic E-state index is 8.67. The molecular formula is C12H20N2O2. The van der Waals surface area contributed by atoms with Gasteiger partial charge in [-0.3, -0.25) is 4.90 Å². The van der Waals surface area contributed by atoms with E-state index in [1.807, 2.05) is 19.1 Å². The third-order valence-corrected chi connectivity index (χ3v) is 2.41. The molecule has 0 aliphatic heterocycles. The van der Waals surface area contributed by atoms with Crippen LogP contribution in [0.2, 0.25) is 0 Å². The Balaban J connectivity index is 2.49. The molecule has 1 N–H and O–H groups in total. The van der Waals surface area contributed by atoms with Gasteiger partial charge in [0.2, 0.25) is 0 Å². The number of rotatable bonds is 7. The maximum absolute atomic E-state index is 8.67. The minimum Gasteiger partial charge on any atom is -0.468 e. The van der Waals surface area contributed by atoms with Gasteiger partial charge in [-0.2, -0.15) is 0 Å². The van der Waals surface area contributed by atoms with Crippen LogP contribution >= 0.6 is 0 Å². The predicted molar refractivity (Wildman–Crippen MR) is 63.8 cm³/mol. The second-order valence-corrected chi connectivity index (χ2v) is 3.98. The normalized spacial score (nSPS) is 12.3. The van der Waals surface area contributed by atoms with Crippen molar-refractivity contribution in [1.29, 1.82) is 0 Å². The largest absolute Gasteiger partial charge is 0.468 e. The molecule has 0 spiro atoms. The van der Waals surface area contributed by atoms with E-state index >= 15 is 0 Å². The van der Waals surface area contributed by atoms with Crippen LogP contribution in [0.5, 0.6) is 0 Å². The van der Waals surface area contributed by atoms with Crippen molar-refractivity contribution in [3.8, 4) is 0 Å². The summed E-state index contributed by atoms with van der Waals surface area (Å²) in [6, 6.07) is 3.85. The van der Waals surface area contributed by atoms with Gasteiger partial charge in [0.05, 0.1) is 18.5 Å². The third kappa shape index (κ3) is 4.49. The molecule has 4 heteroatoms. The molecule has 0 atom stereocenters. The lowest BCUT2D eigenvalue weighted by Crippen LogP contribution is -2.29. The van der Waals surface area contributed by atoms with E-state index in [1.54, 1.807) is 6.26 Å². The monoisotopic (exact) mass is 224 g/mol. The zero-order chi connectivity index (χ0) is 11.8. The molecule has 1 aromatic rings. The van der Waals surface area contributed by atoms with Gasteiger partial charge in [-0.15, -0.1) is 0 Å². The molecule has 0 aliphatic carbocycles. The maximum Gasteiger partial charge on any atom is 0.117 e. The van der Waals surface area contributed by atoms with E-state index in [2.05, 4.69) is 17.0 Å². The van der Waals surface area contributed by atoms with Crippen molar-refractivity contribution in [1.82, 2.24) is 4.90 Å². The number of nitrogens with zero attached hydrogens (tertiary/aromatic N) is 2. The second kappa shape index (κ2) is 7.06. The third-order valence-electron chi connectivity index (χ3n) is 2.41. The van der Waals surface area contributed by atoms with E-state index in [1.165, 1.54) is 0 Å². The summed E-state index contributed by atoms with van der Waals surface area (Å²) in [5, 5.41) is 11.9. The van der Waals surface area contributed by atoms with Crippen LogP contribution in [0, 0.1) is 0 Å². The first-order valence-corrected chi connectivity index (χ1v) is 5.68. The lowest BCUT2D eigenvalue weighted by atomic mass is 10.2. The number of unbranched alkanes of at least 4 members (excludes halogenated alkanes) is 1. The minimum absolute atomic E-state index is 0.678. The Morgan fingerprint density at radius 1 is 1.56 bits per heavy atom. The zero-order valence-electron chi connectivity index (χ0n) is 10.0. The highest BCUT2D eigenvalue weighted by Gasteiger charge is 2.08. The molecule has 0 fully saturated rings. The van der Waals surface area contributed by atoms with Crippen molar-refractivity contribution < 1.29 is 9.62 Å². The molecule has 0 aliphatic rings. The summed E-state index contributed by atoms with van der Waals surface area (Å²) in [6.07, 6.45) is 3.98. The minimum atomic E-state index is 0.678. The first-order valence-electron chi connectivity index (χ1n) is 5.68. The van der Waals surface area contributed by atoms with Gasteiger partial charge in [-0.25, -0.2) is 0 Å². The smallest absolute Gasteiger partial charge is 0.117 e. The quantitative estimate of drug-likeness (QED) is 0.440. The van der Waals surface area contributed by atoms with E-state index in [4.69, 9.17) is 9.62 Å². The zero-order valence-corrected chi connectivity index (χ0v) is 10.0. The van der Waals surface area contributed by atoms with Gasteiger partial charge in [0.15, 0.2) is 0 Å². The summed E-state index contributed by atoms with van der Waals surface area (Å²) < 4.78 is 5.32. The van der Waals surface area contributed by atoms with Crippen molar-refractivity contribution in [3.05, 3.63) is 24.2 Å². The molecule has 90 valence electrons. The molecule has 0 bridgehead atoms. The number of oxime groups is 1. The van der Waals surface area contributed by atoms with Crippen molar-refractivity contribution >= 4 is 5.71 Å². The summed E-state index contributed by atoms with van der Waals surface area (Å²) >= 11 is 0. The van der Waals surface area contributed by atoms with E-state index in [0.717, 1.165) is 37.4 Å². The van der Waals surface area contributed by atoms with Gasteiger partial charge in [0, 0.05) is 6.54 Å². The summed E-state index contributed by atoms with van der Waals surface area (Å²) in [6.45, 7) is 6.42.